The molecule has 0 saturated heterocycles. The van der Waals surface area contributed by atoms with E-state index in [1.165, 1.54) is 0 Å². The predicted octanol–water partition coefficient (Wildman–Crippen LogP) is 3.62. The summed E-state index contributed by atoms with van der Waals surface area (Å²) in [4.78, 5) is 12.1. The average Bonchev–Trinajstić information content (AvgIpc) is 2.22. The maximum absolute atomic E-state index is 12.1. The molecule has 4 heteroatoms. The molecule has 0 aromatic carbocycles. The highest BCUT2D eigenvalue weighted by atomic mass is 32.2. The molecule has 0 fully saturated rings. The first-order valence-electron chi connectivity index (χ1n) is 7.19. The average molecular weight is 289 g/mol. The Morgan fingerprint density at radius 2 is 1.84 bits per heavy atom. The number of esters is 1. The molecular formula is C15H31NO2S. The minimum atomic E-state index is -0.567. The summed E-state index contributed by atoms with van der Waals surface area (Å²) in [6.07, 6.45) is 1.82. The molecule has 1 atom stereocenters. The number of rotatable bonds is 8. The van der Waals surface area contributed by atoms with Gasteiger partial charge >= 0.3 is 5.97 Å². The zero-order chi connectivity index (χ0) is 15.1. The second-order valence-electron chi connectivity index (χ2n) is 6.42. The van der Waals surface area contributed by atoms with Gasteiger partial charge < -0.3 is 4.74 Å². The maximum Gasteiger partial charge on any atom is 0.326 e. The zero-order valence-electron chi connectivity index (χ0n) is 13.6. The van der Waals surface area contributed by atoms with Crippen LogP contribution < -0.4 is 5.32 Å². The fourth-order valence-corrected chi connectivity index (χ4v) is 2.87. The second kappa shape index (κ2) is 8.15. The summed E-state index contributed by atoms with van der Waals surface area (Å²) in [6, 6.07) is 0.268. The fraction of sp³-hybridized carbons (Fsp3) is 0.933. The SMILES string of the molecule is CCOC(=O)C(C)(CCCSC(C)(C)C)NC(C)C. The quantitative estimate of drug-likeness (QED) is 0.547. The minimum absolute atomic E-state index is 0.135. The lowest BCUT2D eigenvalue weighted by Crippen LogP contribution is -2.53. The van der Waals surface area contributed by atoms with Crippen molar-refractivity contribution in [2.45, 2.75) is 77.6 Å². The van der Waals surface area contributed by atoms with E-state index >= 15 is 0 Å². The maximum atomic E-state index is 12.1. The molecule has 0 spiro atoms. The third-order valence-electron chi connectivity index (χ3n) is 2.69. The zero-order valence-corrected chi connectivity index (χ0v) is 14.4. The molecule has 0 amide bonds. The molecule has 0 heterocycles. The van der Waals surface area contributed by atoms with Crippen molar-refractivity contribution in [2.75, 3.05) is 12.4 Å². The fourth-order valence-electron chi connectivity index (χ4n) is 1.96. The molecular weight excluding hydrogens is 258 g/mol. The van der Waals surface area contributed by atoms with Gasteiger partial charge in [-0.3, -0.25) is 10.1 Å². The Bertz CT molecular complexity index is 274. The van der Waals surface area contributed by atoms with E-state index in [4.69, 9.17) is 4.74 Å². The highest BCUT2D eigenvalue weighted by Gasteiger charge is 2.34. The molecule has 0 aromatic rings. The number of carbonyl (C=O) groups is 1. The topological polar surface area (TPSA) is 38.3 Å². The second-order valence-corrected chi connectivity index (χ2v) is 8.34. The van der Waals surface area contributed by atoms with Crippen molar-refractivity contribution in [1.29, 1.82) is 0 Å². The van der Waals surface area contributed by atoms with E-state index in [2.05, 4.69) is 39.9 Å². The first-order valence-corrected chi connectivity index (χ1v) is 8.18. The number of nitrogens with one attached hydrogen (secondary N) is 1. The van der Waals surface area contributed by atoms with Crippen molar-refractivity contribution >= 4 is 17.7 Å². The summed E-state index contributed by atoms with van der Waals surface area (Å²) in [7, 11) is 0. The van der Waals surface area contributed by atoms with Crippen molar-refractivity contribution in [2.24, 2.45) is 0 Å². The van der Waals surface area contributed by atoms with Gasteiger partial charge in [-0.05, 0) is 46.3 Å². The van der Waals surface area contributed by atoms with Gasteiger partial charge in [0, 0.05) is 10.8 Å². The molecule has 1 N–H and O–H groups in total. The Hall–Kier alpha value is -0.220. The largest absolute Gasteiger partial charge is 0.465 e. The normalized spacial score (nSPS) is 15.4. The monoisotopic (exact) mass is 289 g/mol. The lowest BCUT2D eigenvalue weighted by molar-refractivity contribution is -0.151. The molecule has 114 valence electrons. The van der Waals surface area contributed by atoms with Crippen molar-refractivity contribution in [3.8, 4) is 0 Å². The van der Waals surface area contributed by atoms with Crippen LogP contribution in [-0.4, -0.2) is 34.7 Å². The number of carbonyl (C=O) groups excluding carboxylic acids is 1. The van der Waals surface area contributed by atoms with Crippen LogP contribution >= 0.6 is 11.8 Å². The molecule has 0 aliphatic heterocycles. The van der Waals surface area contributed by atoms with E-state index in [1.807, 2.05) is 25.6 Å². The third kappa shape index (κ3) is 8.53. The van der Waals surface area contributed by atoms with Crippen LogP contribution in [0.4, 0.5) is 0 Å². The van der Waals surface area contributed by atoms with Gasteiger partial charge in [0.2, 0.25) is 0 Å². The van der Waals surface area contributed by atoms with Gasteiger partial charge in [-0.1, -0.05) is 20.8 Å². The molecule has 0 rings (SSSR count). The van der Waals surface area contributed by atoms with Gasteiger partial charge in [-0.2, -0.15) is 11.8 Å². The van der Waals surface area contributed by atoms with Crippen molar-refractivity contribution < 1.29 is 9.53 Å². The highest BCUT2D eigenvalue weighted by molar-refractivity contribution is 8.00. The van der Waals surface area contributed by atoms with E-state index in [0.29, 0.717) is 6.61 Å². The molecule has 0 aromatic heterocycles. The minimum Gasteiger partial charge on any atom is -0.465 e. The molecule has 0 radical (unpaired) electrons. The van der Waals surface area contributed by atoms with Crippen LogP contribution in [0.2, 0.25) is 0 Å². The summed E-state index contributed by atoms with van der Waals surface area (Å²) in [5, 5.41) is 3.35. The molecule has 19 heavy (non-hydrogen) atoms. The molecule has 0 aliphatic carbocycles. The summed E-state index contributed by atoms with van der Waals surface area (Å²) in [5.41, 5.74) is -0.567. The van der Waals surface area contributed by atoms with Crippen LogP contribution in [0.15, 0.2) is 0 Å². The van der Waals surface area contributed by atoms with E-state index in [1.54, 1.807) is 0 Å². The van der Waals surface area contributed by atoms with Crippen molar-refractivity contribution in [3.63, 3.8) is 0 Å². The van der Waals surface area contributed by atoms with E-state index in [0.717, 1.165) is 18.6 Å². The van der Waals surface area contributed by atoms with Gasteiger partial charge in [0.1, 0.15) is 5.54 Å². The smallest absolute Gasteiger partial charge is 0.326 e. The Morgan fingerprint density at radius 1 is 1.26 bits per heavy atom. The number of ether oxygens (including phenoxy) is 1. The van der Waals surface area contributed by atoms with Gasteiger partial charge in [0.25, 0.3) is 0 Å². The first kappa shape index (κ1) is 18.8. The molecule has 0 aliphatic rings. The van der Waals surface area contributed by atoms with Crippen LogP contribution in [-0.2, 0) is 9.53 Å². The Labute approximate surface area is 123 Å². The van der Waals surface area contributed by atoms with Crippen LogP contribution in [0.25, 0.3) is 0 Å². The van der Waals surface area contributed by atoms with Crippen LogP contribution in [0.3, 0.4) is 0 Å². The van der Waals surface area contributed by atoms with Crippen molar-refractivity contribution in [3.05, 3.63) is 0 Å². The summed E-state index contributed by atoms with van der Waals surface area (Å²) < 4.78 is 5.48. The van der Waals surface area contributed by atoms with Crippen LogP contribution in [0.5, 0.6) is 0 Å². The molecule has 1 unspecified atom stereocenters. The van der Waals surface area contributed by atoms with Gasteiger partial charge in [0.15, 0.2) is 0 Å². The molecule has 0 saturated carbocycles. The lowest BCUT2D eigenvalue weighted by atomic mass is 9.95. The Kier molecular flexibility index (Phi) is 8.06. The third-order valence-corrected chi connectivity index (χ3v) is 4.05. The lowest BCUT2D eigenvalue weighted by Gasteiger charge is -2.31. The standard InChI is InChI=1S/C15H31NO2S/c1-8-18-13(17)15(7,16-12(2)3)10-9-11-19-14(4,5)6/h12,16H,8-11H2,1-7H3. The van der Waals surface area contributed by atoms with Crippen LogP contribution in [0.1, 0.15) is 61.3 Å². The van der Waals surface area contributed by atoms with Gasteiger partial charge in [-0.15, -0.1) is 0 Å². The summed E-state index contributed by atoms with van der Waals surface area (Å²) in [6.45, 7) is 15.0. The first-order chi connectivity index (χ1) is 8.60. The van der Waals surface area contributed by atoms with Gasteiger partial charge in [0.05, 0.1) is 6.61 Å². The van der Waals surface area contributed by atoms with E-state index in [9.17, 15) is 4.79 Å². The predicted molar refractivity (Wildman–Crippen MR) is 84.8 cm³/mol. The van der Waals surface area contributed by atoms with Gasteiger partial charge in [-0.25, -0.2) is 0 Å². The Balaban J connectivity index is 4.39. The summed E-state index contributed by atoms with van der Waals surface area (Å²) >= 11 is 1.94. The van der Waals surface area contributed by atoms with Crippen LogP contribution in [0, 0.1) is 0 Å². The highest BCUT2D eigenvalue weighted by Crippen LogP contribution is 2.26. The molecule has 3 nitrogen and oxygen atoms in total. The number of hydrogen-bond donors (Lipinski definition) is 1. The number of hydrogen-bond acceptors (Lipinski definition) is 4. The summed E-state index contributed by atoms with van der Waals surface area (Å²) in [5.74, 6) is 0.933. The number of thioether (sulfide) groups is 1. The van der Waals surface area contributed by atoms with E-state index < -0.39 is 5.54 Å². The van der Waals surface area contributed by atoms with E-state index in [-0.39, 0.29) is 16.8 Å². The van der Waals surface area contributed by atoms with Crippen molar-refractivity contribution in [1.82, 2.24) is 5.32 Å². The molecule has 0 bridgehead atoms. The Morgan fingerprint density at radius 3 is 2.26 bits per heavy atom.